The number of carboxylic acids is 1. The van der Waals surface area contributed by atoms with Crippen molar-refractivity contribution in [2.75, 3.05) is 13.2 Å². The molecule has 33 heavy (non-hydrogen) atoms. The minimum Gasteiger partial charge on any atom is -0.481 e. The van der Waals surface area contributed by atoms with Gasteiger partial charge in [-0.2, -0.15) is 0 Å². The summed E-state index contributed by atoms with van der Waals surface area (Å²) in [5.74, 6) is -0.453. The number of aliphatic carboxylic acids is 1. The number of benzene rings is 2. The fourth-order valence-corrected chi connectivity index (χ4v) is 5.51. The number of carboxylic acid groups (broad SMARTS) is 1. The summed E-state index contributed by atoms with van der Waals surface area (Å²) in [6.45, 7) is 1.74. The maximum atomic E-state index is 13.6. The summed E-state index contributed by atoms with van der Waals surface area (Å²) < 4.78 is 25.9. The number of carbonyl (C=O) groups is 1. The normalized spacial score (nSPS) is 26.3. The first-order chi connectivity index (χ1) is 16.0. The second kappa shape index (κ2) is 10.8. The van der Waals surface area contributed by atoms with Crippen LogP contribution in [0.15, 0.2) is 60.7 Å². The first-order valence-electron chi connectivity index (χ1n) is 11.5. The SMILES string of the molecule is O=C(O)CCC/C=C\C[C@H]1[C@H](COCc2ccc(Cl)cc2)[C@@H]2C[C@@]1(c1ccc(F)cc1)CO2. The summed E-state index contributed by atoms with van der Waals surface area (Å²) in [4.78, 5) is 10.7. The van der Waals surface area contributed by atoms with E-state index in [1.54, 1.807) is 0 Å². The smallest absolute Gasteiger partial charge is 0.303 e. The van der Waals surface area contributed by atoms with Crippen LogP contribution in [-0.4, -0.2) is 30.4 Å². The number of rotatable bonds is 11. The monoisotopic (exact) mass is 472 g/mol. The third-order valence-corrected chi connectivity index (χ3v) is 7.31. The van der Waals surface area contributed by atoms with Crippen LogP contribution in [0, 0.1) is 17.7 Å². The Labute approximate surface area is 199 Å². The topological polar surface area (TPSA) is 55.8 Å². The van der Waals surface area contributed by atoms with Crippen LogP contribution in [0.5, 0.6) is 0 Å². The molecule has 2 fully saturated rings. The summed E-state index contributed by atoms with van der Waals surface area (Å²) in [5.41, 5.74) is 2.04. The molecule has 1 heterocycles. The number of ether oxygens (including phenoxy) is 2. The molecule has 0 radical (unpaired) electrons. The Hall–Kier alpha value is -2.21. The van der Waals surface area contributed by atoms with E-state index in [0.717, 1.165) is 30.4 Å². The van der Waals surface area contributed by atoms with Crippen LogP contribution in [0.2, 0.25) is 5.02 Å². The molecule has 1 saturated heterocycles. The van der Waals surface area contributed by atoms with Crippen LogP contribution in [0.4, 0.5) is 4.39 Å². The average Bonchev–Trinajstić information content (AvgIpc) is 3.36. The van der Waals surface area contributed by atoms with Crippen molar-refractivity contribution in [2.24, 2.45) is 11.8 Å². The largest absolute Gasteiger partial charge is 0.481 e. The molecule has 1 aliphatic carbocycles. The highest BCUT2D eigenvalue weighted by atomic mass is 35.5. The lowest BCUT2D eigenvalue weighted by atomic mass is 9.69. The number of allylic oxidation sites excluding steroid dienone is 2. The van der Waals surface area contributed by atoms with Crippen molar-refractivity contribution in [1.29, 1.82) is 0 Å². The third kappa shape index (κ3) is 5.65. The Morgan fingerprint density at radius 2 is 1.94 bits per heavy atom. The molecule has 6 heteroatoms. The molecule has 0 aromatic heterocycles. The molecular weight excluding hydrogens is 443 g/mol. The zero-order chi connectivity index (χ0) is 23.3. The molecule has 2 aromatic rings. The summed E-state index contributed by atoms with van der Waals surface area (Å²) in [5, 5.41) is 9.53. The van der Waals surface area contributed by atoms with Crippen molar-refractivity contribution in [3.63, 3.8) is 0 Å². The van der Waals surface area contributed by atoms with E-state index in [4.69, 9.17) is 26.2 Å². The van der Waals surface area contributed by atoms with Gasteiger partial charge in [0.15, 0.2) is 0 Å². The van der Waals surface area contributed by atoms with Gasteiger partial charge in [0.25, 0.3) is 0 Å². The predicted octanol–water partition coefficient (Wildman–Crippen LogP) is 6.17. The third-order valence-electron chi connectivity index (χ3n) is 7.05. The lowest BCUT2D eigenvalue weighted by molar-refractivity contribution is -0.137. The second-order valence-electron chi connectivity index (χ2n) is 9.12. The van der Waals surface area contributed by atoms with Gasteiger partial charge in [0.2, 0.25) is 0 Å². The number of fused-ring (bicyclic) bond motifs is 2. The Bertz CT molecular complexity index is 959. The maximum Gasteiger partial charge on any atom is 0.303 e. The summed E-state index contributed by atoms with van der Waals surface area (Å²) >= 11 is 5.97. The van der Waals surface area contributed by atoms with E-state index >= 15 is 0 Å². The molecular formula is C27H30ClFO4. The first kappa shape index (κ1) is 23.9. The second-order valence-corrected chi connectivity index (χ2v) is 9.56. The van der Waals surface area contributed by atoms with Crippen LogP contribution in [0.3, 0.4) is 0 Å². The van der Waals surface area contributed by atoms with Gasteiger partial charge in [-0.25, -0.2) is 4.39 Å². The van der Waals surface area contributed by atoms with Crippen LogP contribution in [0.1, 0.15) is 43.2 Å². The van der Waals surface area contributed by atoms with Crippen molar-refractivity contribution in [1.82, 2.24) is 0 Å². The van der Waals surface area contributed by atoms with Crippen molar-refractivity contribution in [3.8, 4) is 0 Å². The minimum atomic E-state index is -0.762. The zero-order valence-corrected chi connectivity index (χ0v) is 19.3. The van der Waals surface area contributed by atoms with Crippen molar-refractivity contribution in [2.45, 2.75) is 50.2 Å². The van der Waals surface area contributed by atoms with Crippen LogP contribution in [0.25, 0.3) is 0 Å². The first-order valence-corrected chi connectivity index (χ1v) is 11.9. The maximum absolute atomic E-state index is 13.6. The van der Waals surface area contributed by atoms with Gasteiger partial charge in [0.05, 0.1) is 25.9 Å². The number of unbranched alkanes of at least 4 members (excludes halogenated alkanes) is 1. The Balaban J connectivity index is 1.45. The summed E-state index contributed by atoms with van der Waals surface area (Å²) in [7, 11) is 0. The number of hydrogen-bond acceptors (Lipinski definition) is 3. The van der Waals surface area contributed by atoms with Crippen molar-refractivity contribution < 1.29 is 23.8 Å². The van der Waals surface area contributed by atoms with Crippen molar-refractivity contribution in [3.05, 3.63) is 82.6 Å². The number of halogens is 2. The summed E-state index contributed by atoms with van der Waals surface area (Å²) in [6, 6.07) is 14.5. The van der Waals surface area contributed by atoms with Gasteiger partial charge in [0, 0.05) is 22.8 Å². The molecule has 1 N–H and O–H groups in total. The van der Waals surface area contributed by atoms with Gasteiger partial charge in [-0.15, -0.1) is 0 Å². The van der Waals surface area contributed by atoms with Crippen LogP contribution in [-0.2, 0) is 26.3 Å². The van der Waals surface area contributed by atoms with E-state index in [1.807, 2.05) is 36.4 Å². The van der Waals surface area contributed by atoms with Gasteiger partial charge in [-0.3, -0.25) is 4.79 Å². The van der Waals surface area contributed by atoms with E-state index in [9.17, 15) is 9.18 Å². The lowest BCUT2D eigenvalue weighted by Crippen LogP contribution is -2.41. The molecule has 0 unspecified atom stereocenters. The fraction of sp³-hybridized carbons (Fsp3) is 0.444. The van der Waals surface area contributed by atoms with E-state index in [-0.39, 0.29) is 29.7 Å². The van der Waals surface area contributed by atoms with E-state index in [1.165, 1.54) is 12.1 Å². The van der Waals surface area contributed by atoms with Gasteiger partial charge < -0.3 is 14.6 Å². The highest BCUT2D eigenvalue weighted by molar-refractivity contribution is 6.30. The summed E-state index contributed by atoms with van der Waals surface area (Å²) in [6.07, 6.45) is 7.71. The van der Waals surface area contributed by atoms with Gasteiger partial charge in [-0.05, 0) is 67.0 Å². The molecule has 1 saturated carbocycles. The molecule has 4 atom stereocenters. The van der Waals surface area contributed by atoms with Crippen LogP contribution < -0.4 is 0 Å². The lowest BCUT2D eigenvalue weighted by Gasteiger charge is -2.39. The molecule has 0 spiro atoms. The van der Waals surface area contributed by atoms with Crippen molar-refractivity contribution >= 4 is 17.6 Å². The Morgan fingerprint density at radius 3 is 2.67 bits per heavy atom. The highest BCUT2D eigenvalue weighted by Crippen LogP contribution is 2.56. The minimum absolute atomic E-state index is 0.116. The average molecular weight is 473 g/mol. The number of hydrogen-bond donors (Lipinski definition) is 1. The molecule has 2 bridgehead atoms. The molecule has 1 aliphatic heterocycles. The molecule has 4 rings (SSSR count). The highest BCUT2D eigenvalue weighted by Gasteiger charge is 2.59. The van der Waals surface area contributed by atoms with Crippen LogP contribution >= 0.6 is 11.6 Å². The predicted molar refractivity (Wildman–Crippen MR) is 126 cm³/mol. The van der Waals surface area contributed by atoms with E-state index < -0.39 is 5.97 Å². The molecule has 2 aromatic carbocycles. The van der Waals surface area contributed by atoms with Gasteiger partial charge >= 0.3 is 5.97 Å². The van der Waals surface area contributed by atoms with Gasteiger partial charge in [-0.1, -0.05) is 48.0 Å². The standard InChI is InChI=1S/C27H30ClFO4/c28-21-11-7-19(8-12-21)16-32-17-23-24(5-3-1-2-4-6-26(30)31)27(15-25(23)33-18-27)20-9-13-22(29)14-10-20/h1,3,7-14,23-25H,2,4-6,15-18H2,(H,30,31)/b3-1-/t23-,24-,25-,27-/m0/s1. The molecule has 176 valence electrons. The van der Waals surface area contributed by atoms with E-state index in [0.29, 0.717) is 37.2 Å². The van der Waals surface area contributed by atoms with E-state index in [2.05, 4.69) is 12.2 Å². The molecule has 2 aliphatic rings. The van der Waals surface area contributed by atoms with Gasteiger partial charge in [0.1, 0.15) is 5.82 Å². The zero-order valence-electron chi connectivity index (χ0n) is 18.6. The molecule has 4 nitrogen and oxygen atoms in total. The quantitative estimate of drug-likeness (QED) is 0.314. The Morgan fingerprint density at radius 1 is 1.18 bits per heavy atom. The fourth-order valence-electron chi connectivity index (χ4n) is 5.38. The Kier molecular flexibility index (Phi) is 7.84. The molecule has 0 amide bonds.